The molecule has 1 aromatic heterocycles. The second kappa shape index (κ2) is 8.73. The molecule has 1 atom stereocenters. The quantitative estimate of drug-likeness (QED) is 0.739. The molecule has 2 amide bonds. The predicted octanol–water partition coefficient (Wildman–Crippen LogP) is 0.724. The molecular formula is C17H25N3O4S. The van der Waals surface area contributed by atoms with E-state index in [1.54, 1.807) is 12.1 Å². The van der Waals surface area contributed by atoms with Crippen LogP contribution < -0.4 is 10.6 Å². The number of amides is 2. The summed E-state index contributed by atoms with van der Waals surface area (Å²) in [6, 6.07) is 3.26. The molecule has 25 heavy (non-hydrogen) atoms. The third-order valence-electron chi connectivity index (χ3n) is 4.76. The highest BCUT2D eigenvalue weighted by Gasteiger charge is 2.40. The molecule has 2 N–H and O–H groups in total. The fourth-order valence-corrected chi connectivity index (χ4v) is 4.75. The third kappa shape index (κ3) is 4.77. The Kier molecular flexibility index (Phi) is 6.39. The van der Waals surface area contributed by atoms with Gasteiger partial charge in [-0.2, -0.15) is 11.8 Å². The molecule has 3 rings (SSSR count). The van der Waals surface area contributed by atoms with Crippen molar-refractivity contribution in [3.8, 4) is 0 Å². The van der Waals surface area contributed by atoms with Crippen LogP contribution in [0.3, 0.4) is 0 Å². The number of ether oxygens (including phenoxy) is 1. The normalized spacial score (nSPS) is 24.2. The van der Waals surface area contributed by atoms with Crippen molar-refractivity contribution < 1.29 is 18.7 Å². The number of rotatable bonds is 7. The molecule has 0 aromatic carbocycles. The predicted molar refractivity (Wildman–Crippen MR) is 95.7 cm³/mol. The number of carbonyl (C=O) groups is 2. The van der Waals surface area contributed by atoms with Crippen LogP contribution in [-0.4, -0.2) is 73.2 Å². The van der Waals surface area contributed by atoms with Gasteiger partial charge in [-0.15, -0.1) is 0 Å². The first kappa shape index (κ1) is 18.3. The summed E-state index contributed by atoms with van der Waals surface area (Å²) in [6.45, 7) is 4.33. The maximum Gasteiger partial charge on any atom is 0.286 e. The first-order valence-corrected chi connectivity index (χ1v) is 9.84. The topological polar surface area (TPSA) is 83.8 Å². The van der Waals surface area contributed by atoms with Crippen molar-refractivity contribution in [2.24, 2.45) is 0 Å². The fraction of sp³-hybridized carbons (Fsp3) is 0.647. The molecule has 0 bridgehead atoms. The van der Waals surface area contributed by atoms with Gasteiger partial charge in [-0.25, -0.2) is 0 Å². The third-order valence-corrected chi connectivity index (χ3v) is 6.00. The number of nitrogens with zero attached hydrogens (tertiary/aromatic N) is 1. The van der Waals surface area contributed by atoms with Crippen molar-refractivity contribution in [3.63, 3.8) is 0 Å². The highest BCUT2D eigenvalue weighted by atomic mass is 32.2. The van der Waals surface area contributed by atoms with Crippen molar-refractivity contribution in [2.75, 3.05) is 50.9 Å². The largest absolute Gasteiger partial charge is 0.459 e. The van der Waals surface area contributed by atoms with Crippen LogP contribution in [0.1, 0.15) is 23.4 Å². The van der Waals surface area contributed by atoms with Gasteiger partial charge in [0.25, 0.3) is 5.91 Å². The van der Waals surface area contributed by atoms with Gasteiger partial charge in [0.1, 0.15) is 0 Å². The summed E-state index contributed by atoms with van der Waals surface area (Å²) >= 11 is 1.95. The highest BCUT2D eigenvalue weighted by Crippen LogP contribution is 2.33. The number of nitrogens with one attached hydrogen (secondary N) is 2. The van der Waals surface area contributed by atoms with E-state index >= 15 is 0 Å². The van der Waals surface area contributed by atoms with E-state index in [0.717, 1.165) is 44.2 Å². The van der Waals surface area contributed by atoms with E-state index in [2.05, 4.69) is 15.5 Å². The maximum absolute atomic E-state index is 12.2. The Balaban J connectivity index is 1.41. The lowest BCUT2D eigenvalue weighted by atomic mass is 9.95. The lowest BCUT2D eigenvalue weighted by Crippen LogP contribution is -2.59. The SMILES string of the molecule is O=C(CCNC(=O)c1ccco1)NCC1(N2CCOCC2)CCSC1. The second-order valence-electron chi connectivity index (χ2n) is 6.39. The Morgan fingerprint density at radius 3 is 2.80 bits per heavy atom. The number of thioether (sulfide) groups is 1. The summed E-state index contributed by atoms with van der Waals surface area (Å²) in [5.74, 6) is 2.10. The Morgan fingerprint density at radius 2 is 2.12 bits per heavy atom. The number of hydrogen-bond acceptors (Lipinski definition) is 6. The first-order valence-electron chi connectivity index (χ1n) is 8.69. The van der Waals surface area contributed by atoms with Crippen LogP contribution in [0.5, 0.6) is 0 Å². The van der Waals surface area contributed by atoms with Gasteiger partial charge in [-0.1, -0.05) is 0 Å². The standard InChI is InChI=1S/C17H25N3O4S/c21-15(3-5-18-16(22)14-2-1-8-24-14)19-12-17(4-11-25-13-17)20-6-9-23-10-7-20/h1-2,8H,3-7,9-13H2,(H,18,22)(H,19,21). The Hall–Kier alpha value is -1.51. The van der Waals surface area contributed by atoms with Crippen molar-refractivity contribution >= 4 is 23.6 Å². The zero-order valence-electron chi connectivity index (χ0n) is 14.3. The minimum atomic E-state index is -0.297. The van der Waals surface area contributed by atoms with Crippen molar-refractivity contribution in [1.82, 2.24) is 15.5 Å². The number of morpholine rings is 1. The number of hydrogen-bond donors (Lipinski definition) is 2. The molecule has 7 nitrogen and oxygen atoms in total. The van der Waals surface area contributed by atoms with Gasteiger partial charge in [0.2, 0.25) is 5.91 Å². The molecule has 2 aliphatic rings. The Bertz CT molecular complexity index is 566. The van der Waals surface area contributed by atoms with Crippen molar-refractivity contribution in [1.29, 1.82) is 0 Å². The second-order valence-corrected chi connectivity index (χ2v) is 7.49. The van der Waals surface area contributed by atoms with Crippen LogP contribution in [0.2, 0.25) is 0 Å². The van der Waals surface area contributed by atoms with Crippen LogP contribution >= 0.6 is 11.8 Å². The number of furan rings is 1. The summed E-state index contributed by atoms with van der Waals surface area (Å²) in [5.41, 5.74) is 0.0432. The molecule has 2 saturated heterocycles. The molecule has 0 aliphatic carbocycles. The van der Waals surface area contributed by atoms with Crippen molar-refractivity contribution in [2.45, 2.75) is 18.4 Å². The smallest absolute Gasteiger partial charge is 0.286 e. The Labute approximate surface area is 151 Å². The molecular weight excluding hydrogens is 342 g/mol. The van der Waals surface area contributed by atoms with E-state index in [-0.39, 0.29) is 29.5 Å². The van der Waals surface area contributed by atoms with Gasteiger partial charge >= 0.3 is 0 Å². The average molecular weight is 367 g/mol. The zero-order valence-corrected chi connectivity index (χ0v) is 15.1. The van der Waals surface area contributed by atoms with Gasteiger partial charge in [-0.05, 0) is 24.3 Å². The van der Waals surface area contributed by atoms with Crippen molar-refractivity contribution in [3.05, 3.63) is 24.2 Å². The van der Waals surface area contributed by atoms with E-state index in [1.807, 2.05) is 11.8 Å². The average Bonchev–Trinajstić information content (AvgIpc) is 3.33. The van der Waals surface area contributed by atoms with Crippen LogP contribution in [-0.2, 0) is 9.53 Å². The molecule has 0 saturated carbocycles. The molecule has 1 aromatic rings. The zero-order chi connectivity index (χ0) is 17.5. The molecule has 2 aliphatic heterocycles. The molecule has 138 valence electrons. The van der Waals surface area contributed by atoms with Crippen LogP contribution in [0.25, 0.3) is 0 Å². The van der Waals surface area contributed by atoms with Crippen LogP contribution in [0.4, 0.5) is 0 Å². The van der Waals surface area contributed by atoms with Gasteiger partial charge in [0, 0.05) is 43.9 Å². The van der Waals surface area contributed by atoms with E-state index in [4.69, 9.17) is 9.15 Å². The maximum atomic E-state index is 12.2. The van der Waals surface area contributed by atoms with Gasteiger partial charge in [-0.3, -0.25) is 14.5 Å². The van der Waals surface area contributed by atoms with Gasteiger partial charge in [0.15, 0.2) is 5.76 Å². The molecule has 2 fully saturated rings. The summed E-state index contributed by atoms with van der Waals surface area (Å²) in [4.78, 5) is 26.4. The van der Waals surface area contributed by atoms with E-state index in [1.165, 1.54) is 6.26 Å². The first-order chi connectivity index (χ1) is 12.2. The highest BCUT2D eigenvalue weighted by molar-refractivity contribution is 7.99. The monoisotopic (exact) mass is 367 g/mol. The summed E-state index contributed by atoms with van der Waals surface area (Å²) in [6.07, 6.45) is 2.80. The lowest BCUT2D eigenvalue weighted by molar-refractivity contribution is -0.121. The molecule has 0 radical (unpaired) electrons. The Morgan fingerprint density at radius 1 is 1.28 bits per heavy atom. The molecule has 0 spiro atoms. The van der Waals surface area contributed by atoms with E-state index in [0.29, 0.717) is 13.1 Å². The minimum Gasteiger partial charge on any atom is -0.459 e. The number of carbonyl (C=O) groups excluding carboxylic acids is 2. The summed E-state index contributed by atoms with van der Waals surface area (Å²) in [7, 11) is 0. The van der Waals surface area contributed by atoms with Gasteiger partial charge in [0.05, 0.1) is 19.5 Å². The van der Waals surface area contributed by atoms with Gasteiger partial charge < -0.3 is 19.8 Å². The molecule has 8 heteroatoms. The minimum absolute atomic E-state index is 0.0377. The fourth-order valence-electron chi connectivity index (χ4n) is 3.27. The van der Waals surface area contributed by atoms with E-state index in [9.17, 15) is 9.59 Å². The molecule has 1 unspecified atom stereocenters. The van der Waals surface area contributed by atoms with E-state index < -0.39 is 0 Å². The van der Waals surface area contributed by atoms with Crippen LogP contribution in [0, 0.1) is 0 Å². The molecule has 3 heterocycles. The summed E-state index contributed by atoms with van der Waals surface area (Å²) < 4.78 is 10.5. The lowest BCUT2D eigenvalue weighted by Gasteiger charge is -2.43. The van der Waals surface area contributed by atoms with Crippen LogP contribution in [0.15, 0.2) is 22.8 Å². The summed E-state index contributed by atoms with van der Waals surface area (Å²) in [5, 5.41) is 5.75.